The minimum absolute atomic E-state index is 0.120. The Balaban J connectivity index is 1.91. The second kappa shape index (κ2) is 4.87. The Bertz CT molecular complexity index is 420. The zero-order valence-electron chi connectivity index (χ0n) is 10.5. The third-order valence-corrected chi connectivity index (χ3v) is 3.23. The second-order valence-corrected chi connectivity index (χ2v) is 4.67. The molecule has 1 aromatic heterocycles. The molecule has 0 radical (unpaired) electrons. The molecule has 94 valence electrons. The van der Waals surface area contributed by atoms with E-state index in [1.165, 1.54) is 0 Å². The number of carbonyl (C=O) groups excluding carboxylic acids is 1. The van der Waals surface area contributed by atoms with Crippen LogP contribution in [-0.4, -0.2) is 21.7 Å². The van der Waals surface area contributed by atoms with Gasteiger partial charge in [-0.1, -0.05) is 0 Å². The zero-order valence-corrected chi connectivity index (χ0v) is 10.5. The van der Waals surface area contributed by atoms with Gasteiger partial charge in [-0.15, -0.1) is 0 Å². The Kier molecular flexibility index (Phi) is 3.47. The molecule has 0 bridgehead atoms. The van der Waals surface area contributed by atoms with E-state index in [9.17, 15) is 4.79 Å². The maximum atomic E-state index is 11.6. The number of nitrogens with zero attached hydrogens (tertiary/aromatic N) is 2. The third kappa shape index (κ3) is 2.85. The number of aryl methyl sites for hydroxylation is 2. The molecule has 1 saturated carbocycles. The molecule has 0 aliphatic heterocycles. The van der Waals surface area contributed by atoms with Gasteiger partial charge in [0.15, 0.2) is 0 Å². The molecule has 1 fully saturated rings. The fraction of sp³-hybridized carbons (Fsp3) is 0.667. The lowest BCUT2D eigenvalue weighted by Gasteiger charge is -2.05. The molecular formula is C12H20N4O. The average molecular weight is 236 g/mol. The summed E-state index contributed by atoms with van der Waals surface area (Å²) in [4.78, 5) is 11.6. The van der Waals surface area contributed by atoms with Crippen LogP contribution in [0.15, 0.2) is 0 Å². The molecule has 1 heterocycles. The summed E-state index contributed by atoms with van der Waals surface area (Å²) in [5.41, 5.74) is 8.79. The van der Waals surface area contributed by atoms with Gasteiger partial charge in [-0.3, -0.25) is 9.48 Å². The van der Waals surface area contributed by atoms with Crippen molar-refractivity contribution < 1.29 is 4.79 Å². The van der Waals surface area contributed by atoms with E-state index in [1.54, 1.807) is 0 Å². The van der Waals surface area contributed by atoms with Crippen LogP contribution < -0.4 is 11.1 Å². The summed E-state index contributed by atoms with van der Waals surface area (Å²) in [6, 6.07) is 0.433. The molecule has 0 atom stereocenters. The first-order valence-corrected chi connectivity index (χ1v) is 6.14. The molecule has 2 rings (SSSR count). The van der Waals surface area contributed by atoms with E-state index in [0.717, 1.165) is 29.8 Å². The largest absolute Gasteiger partial charge is 0.353 e. The molecule has 1 aromatic rings. The highest BCUT2D eigenvalue weighted by Gasteiger charge is 2.23. The number of hydrogen-bond acceptors (Lipinski definition) is 3. The van der Waals surface area contributed by atoms with Crippen LogP contribution in [0.5, 0.6) is 0 Å². The third-order valence-electron chi connectivity index (χ3n) is 3.23. The average Bonchev–Trinajstić information content (AvgIpc) is 3.03. The molecule has 3 N–H and O–H groups in total. The van der Waals surface area contributed by atoms with Gasteiger partial charge < -0.3 is 11.1 Å². The quantitative estimate of drug-likeness (QED) is 0.787. The molecule has 5 heteroatoms. The monoisotopic (exact) mass is 236 g/mol. The van der Waals surface area contributed by atoms with Gasteiger partial charge in [-0.05, 0) is 26.7 Å². The van der Waals surface area contributed by atoms with E-state index in [-0.39, 0.29) is 5.91 Å². The minimum Gasteiger partial charge on any atom is -0.353 e. The summed E-state index contributed by atoms with van der Waals surface area (Å²) >= 11 is 0. The highest BCUT2D eigenvalue weighted by Crippen LogP contribution is 2.18. The van der Waals surface area contributed by atoms with Gasteiger partial charge in [0.2, 0.25) is 5.91 Å². The van der Waals surface area contributed by atoms with E-state index in [0.29, 0.717) is 25.6 Å². The molecule has 0 unspecified atom stereocenters. The van der Waals surface area contributed by atoms with E-state index in [4.69, 9.17) is 5.73 Å². The number of aromatic nitrogens is 2. The predicted octanol–water partition coefficient (Wildman–Crippen LogP) is 0.627. The van der Waals surface area contributed by atoms with Gasteiger partial charge in [-0.25, -0.2) is 0 Å². The lowest BCUT2D eigenvalue weighted by molar-refractivity contribution is -0.121. The summed E-state index contributed by atoms with van der Waals surface area (Å²) in [5, 5.41) is 7.38. The van der Waals surface area contributed by atoms with Crippen LogP contribution >= 0.6 is 0 Å². The zero-order chi connectivity index (χ0) is 12.4. The fourth-order valence-corrected chi connectivity index (χ4v) is 1.98. The number of hydrogen-bond donors (Lipinski definition) is 2. The minimum atomic E-state index is 0.120. The molecule has 17 heavy (non-hydrogen) atoms. The predicted molar refractivity (Wildman–Crippen MR) is 65.4 cm³/mol. The van der Waals surface area contributed by atoms with Crippen LogP contribution in [0.4, 0.5) is 0 Å². The lowest BCUT2D eigenvalue weighted by atomic mass is 10.2. The van der Waals surface area contributed by atoms with Crippen LogP contribution in [0.3, 0.4) is 0 Å². The van der Waals surface area contributed by atoms with Gasteiger partial charge in [0, 0.05) is 36.8 Å². The molecule has 1 aliphatic carbocycles. The molecule has 1 aliphatic rings. The summed E-state index contributed by atoms with van der Waals surface area (Å²) in [7, 11) is 0. The Morgan fingerprint density at radius 3 is 2.76 bits per heavy atom. The maximum Gasteiger partial charge on any atom is 0.222 e. The standard InChI is InChI=1S/C12H20N4O/c1-8-11(7-13)9(2)16(15-8)6-5-12(17)14-10-3-4-10/h10H,3-7,13H2,1-2H3,(H,14,17). The highest BCUT2D eigenvalue weighted by atomic mass is 16.1. The van der Waals surface area contributed by atoms with E-state index in [2.05, 4.69) is 10.4 Å². The Hall–Kier alpha value is -1.36. The summed E-state index contributed by atoms with van der Waals surface area (Å²) < 4.78 is 1.88. The smallest absolute Gasteiger partial charge is 0.222 e. The van der Waals surface area contributed by atoms with Gasteiger partial charge in [0.25, 0.3) is 0 Å². The number of carbonyl (C=O) groups is 1. The van der Waals surface area contributed by atoms with E-state index in [1.807, 2.05) is 18.5 Å². The van der Waals surface area contributed by atoms with E-state index >= 15 is 0 Å². The molecule has 0 aromatic carbocycles. The first-order valence-electron chi connectivity index (χ1n) is 6.14. The van der Waals surface area contributed by atoms with Gasteiger partial charge in [0.1, 0.15) is 0 Å². The first-order chi connectivity index (χ1) is 8.11. The topological polar surface area (TPSA) is 72.9 Å². The SMILES string of the molecule is Cc1nn(CCC(=O)NC2CC2)c(C)c1CN. The van der Waals surface area contributed by atoms with Crippen molar-refractivity contribution >= 4 is 5.91 Å². The fourth-order valence-electron chi connectivity index (χ4n) is 1.98. The van der Waals surface area contributed by atoms with Crippen molar-refractivity contribution in [2.24, 2.45) is 5.73 Å². The summed E-state index contributed by atoms with van der Waals surface area (Å²) in [6.45, 7) is 5.09. The maximum absolute atomic E-state index is 11.6. The van der Waals surface area contributed by atoms with Crippen LogP contribution in [-0.2, 0) is 17.9 Å². The molecular weight excluding hydrogens is 216 g/mol. The number of nitrogens with one attached hydrogen (secondary N) is 1. The summed E-state index contributed by atoms with van der Waals surface area (Å²) in [5.74, 6) is 0.120. The van der Waals surface area contributed by atoms with Crippen molar-refractivity contribution in [2.45, 2.75) is 52.2 Å². The Morgan fingerprint density at radius 2 is 2.24 bits per heavy atom. The summed E-state index contributed by atoms with van der Waals surface area (Å²) in [6.07, 6.45) is 2.74. The van der Waals surface area contributed by atoms with Crippen LogP contribution in [0, 0.1) is 13.8 Å². The van der Waals surface area contributed by atoms with Crippen molar-refractivity contribution in [2.75, 3.05) is 0 Å². The normalized spacial score (nSPS) is 15.0. The molecule has 5 nitrogen and oxygen atoms in total. The molecule has 0 spiro atoms. The number of nitrogens with two attached hydrogens (primary N) is 1. The van der Waals surface area contributed by atoms with Crippen molar-refractivity contribution in [1.29, 1.82) is 0 Å². The number of rotatable bonds is 5. The molecule has 0 saturated heterocycles. The first kappa shape index (κ1) is 12.1. The van der Waals surface area contributed by atoms with Crippen molar-refractivity contribution in [3.05, 3.63) is 17.0 Å². The van der Waals surface area contributed by atoms with Crippen LogP contribution in [0.25, 0.3) is 0 Å². The molecule has 1 amide bonds. The van der Waals surface area contributed by atoms with Gasteiger partial charge >= 0.3 is 0 Å². The van der Waals surface area contributed by atoms with Crippen molar-refractivity contribution in [3.8, 4) is 0 Å². The van der Waals surface area contributed by atoms with E-state index < -0.39 is 0 Å². The highest BCUT2D eigenvalue weighted by molar-refractivity contribution is 5.76. The van der Waals surface area contributed by atoms with Gasteiger partial charge in [0.05, 0.1) is 5.69 Å². The van der Waals surface area contributed by atoms with Crippen LogP contribution in [0.1, 0.15) is 36.2 Å². The number of amides is 1. The Labute approximate surface area is 101 Å². The lowest BCUT2D eigenvalue weighted by Crippen LogP contribution is -2.26. The van der Waals surface area contributed by atoms with Crippen molar-refractivity contribution in [1.82, 2.24) is 15.1 Å². The van der Waals surface area contributed by atoms with Crippen LogP contribution in [0.2, 0.25) is 0 Å². The second-order valence-electron chi connectivity index (χ2n) is 4.67. The van der Waals surface area contributed by atoms with Crippen molar-refractivity contribution in [3.63, 3.8) is 0 Å². The van der Waals surface area contributed by atoms with Gasteiger partial charge in [-0.2, -0.15) is 5.10 Å². The Morgan fingerprint density at radius 1 is 1.53 bits per heavy atom.